The molecule has 0 unspecified atom stereocenters. The molecule has 0 aliphatic carbocycles. The Morgan fingerprint density at radius 1 is 1.27 bits per heavy atom. The van der Waals surface area contributed by atoms with Crippen LogP contribution in [0.25, 0.3) is 10.7 Å². The molecule has 0 aliphatic heterocycles. The molecular weight excluding hydrogens is 358 g/mol. The number of amides is 1. The van der Waals surface area contributed by atoms with Crippen LogP contribution in [0, 0.1) is 0 Å². The smallest absolute Gasteiger partial charge is 0.442 e. The highest BCUT2D eigenvalue weighted by Gasteiger charge is 2.18. The van der Waals surface area contributed by atoms with Crippen LogP contribution in [-0.2, 0) is 16.1 Å². The van der Waals surface area contributed by atoms with Gasteiger partial charge in [0.05, 0.1) is 22.7 Å². The van der Waals surface area contributed by atoms with Gasteiger partial charge in [0, 0.05) is 0 Å². The van der Waals surface area contributed by atoms with Crippen molar-refractivity contribution in [3.8, 4) is 10.7 Å². The van der Waals surface area contributed by atoms with Gasteiger partial charge in [-0.3, -0.25) is 9.32 Å². The summed E-state index contributed by atoms with van der Waals surface area (Å²) in [6.45, 7) is 1.62. The Morgan fingerprint density at radius 3 is 2.81 bits per heavy atom. The SMILES string of the molecule is CCOC(=O)c1ccccc1NC(=O)Cn1c(-c2cccs2)noc1=O. The van der Waals surface area contributed by atoms with Crippen molar-refractivity contribution in [1.82, 2.24) is 9.72 Å². The van der Waals surface area contributed by atoms with Gasteiger partial charge in [0.25, 0.3) is 0 Å². The first-order valence-electron chi connectivity index (χ1n) is 7.76. The van der Waals surface area contributed by atoms with E-state index in [9.17, 15) is 14.4 Å². The quantitative estimate of drug-likeness (QED) is 0.666. The zero-order chi connectivity index (χ0) is 18.5. The van der Waals surface area contributed by atoms with Gasteiger partial charge in [-0.15, -0.1) is 11.3 Å². The molecule has 1 N–H and O–H groups in total. The Morgan fingerprint density at radius 2 is 2.08 bits per heavy atom. The zero-order valence-electron chi connectivity index (χ0n) is 13.8. The Bertz CT molecular complexity index is 974. The predicted molar refractivity (Wildman–Crippen MR) is 95.1 cm³/mol. The molecule has 0 saturated heterocycles. The lowest BCUT2D eigenvalue weighted by Crippen LogP contribution is -2.26. The molecule has 2 heterocycles. The maximum absolute atomic E-state index is 12.4. The van der Waals surface area contributed by atoms with Gasteiger partial charge in [-0.1, -0.05) is 23.4 Å². The summed E-state index contributed by atoms with van der Waals surface area (Å²) in [5.41, 5.74) is 0.539. The fraction of sp³-hybridized carbons (Fsp3) is 0.176. The number of nitrogens with zero attached hydrogens (tertiary/aromatic N) is 2. The zero-order valence-corrected chi connectivity index (χ0v) is 14.6. The first-order valence-corrected chi connectivity index (χ1v) is 8.64. The third-order valence-corrected chi connectivity index (χ3v) is 4.29. The molecule has 0 aliphatic rings. The molecule has 8 nitrogen and oxygen atoms in total. The number of carbonyl (C=O) groups is 2. The van der Waals surface area contributed by atoms with Crippen molar-refractivity contribution < 1.29 is 18.8 Å². The number of ether oxygens (including phenoxy) is 1. The van der Waals surface area contributed by atoms with Crippen LogP contribution in [-0.4, -0.2) is 28.2 Å². The van der Waals surface area contributed by atoms with Crippen LogP contribution < -0.4 is 11.1 Å². The molecule has 3 aromatic rings. The molecule has 2 aromatic heterocycles. The van der Waals surface area contributed by atoms with E-state index in [4.69, 9.17) is 4.74 Å². The van der Waals surface area contributed by atoms with Crippen LogP contribution in [0.2, 0.25) is 0 Å². The molecule has 134 valence electrons. The van der Waals surface area contributed by atoms with Crippen molar-refractivity contribution in [1.29, 1.82) is 0 Å². The largest absolute Gasteiger partial charge is 0.462 e. The van der Waals surface area contributed by atoms with Crippen LogP contribution in [0.5, 0.6) is 0 Å². The fourth-order valence-electron chi connectivity index (χ4n) is 2.30. The summed E-state index contributed by atoms with van der Waals surface area (Å²) >= 11 is 1.37. The van der Waals surface area contributed by atoms with Crippen molar-refractivity contribution >= 4 is 28.9 Å². The minimum atomic E-state index is -0.734. The number of hydrogen-bond acceptors (Lipinski definition) is 7. The topological polar surface area (TPSA) is 103 Å². The molecule has 0 radical (unpaired) electrons. The maximum Gasteiger partial charge on any atom is 0.442 e. The number of para-hydroxylation sites is 1. The van der Waals surface area contributed by atoms with E-state index in [2.05, 4.69) is 15.0 Å². The minimum Gasteiger partial charge on any atom is -0.462 e. The van der Waals surface area contributed by atoms with Gasteiger partial charge in [0.2, 0.25) is 5.91 Å². The molecule has 0 saturated carbocycles. The number of carbonyl (C=O) groups excluding carboxylic acids is 2. The number of esters is 1. The van der Waals surface area contributed by atoms with Crippen LogP contribution in [0.15, 0.2) is 51.1 Å². The number of benzene rings is 1. The highest BCUT2D eigenvalue weighted by Crippen LogP contribution is 2.22. The Kier molecular flexibility index (Phi) is 5.28. The first kappa shape index (κ1) is 17.6. The molecule has 0 bridgehead atoms. The first-order chi connectivity index (χ1) is 12.6. The molecule has 0 atom stereocenters. The number of aromatic nitrogens is 2. The lowest BCUT2D eigenvalue weighted by atomic mass is 10.2. The summed E-state index contributed by atoms with van der Waals surface area (Å²) in [5, 5.41) is 8.17. The Balaban J connectivity index is 1.80. The summed E-state index contributed by atoms with van der Waals surface area (Å²) in [5.74, 6) is -1.49. The minimum absolute atomic E-state index is 0.224. The van der Waals surface area contributed by atoms with Gasteiger partial charge in [-0.2, -0.15) is 0 Å². The van der Waals surface area contributed by atoms with Crippen molar-refractivity contribution in [2.75, 3.05) is 11.9 Å². The van der Waals surface area contributed by atoms with Crippen molar-refractivity contribution in [2.45, 2.75) is 13.5 Å². The second-order valence-corrected chi connectivity index (χ2v) is 6.10. The van der Waals surface area contributed by atoms with Gasteiger partial charge >= 0.3 is 11.7 Å². The molecule has 1 aromatic carbocycles. The number of thiophene rings is 1. The monoisotopic (exact) mass is 373 g/mol. The molecular formula is C17H15N3O5S. The molecule has 26 heavy (non-hydrogen) atoms. The van der Waals surface area contributed by atoms with Gasteiger partial charge in [-0.05, 0) is 30.5 Å². The van der Waals surface area contributed by atoms with E-state index in [0.717, 1.165) is 4.57 Å². The van der Waals surface area contributed by atoms with E-state index >= 15 is 0 Å². The van der Waals surface area contributed by atoms with Crippen LogP contribution >= 0.6 is 11.3 Å². The average molecular weight is 373 g/mol. The Labute approximate surface area is 152 Å². The van der Waals surface area contributed by atoms with E-state index in [-0.39, 0.29) is 24.5 Å². The number of nitrogens with one attached hydrogen (secondary N) is 1. The fourth-order valence-corrected chi connectivity index (χ4v) is 3.02. The van der Waals surface area contributed by atoms with E-state index in [1.807, 2.05) is 5.38 Å². The highest BCUT2D eigenvalue weighted by molar-refractivity contribution is 7.13. The second-order valence-electron chi connectivity index (χ2n) is 5.15. The Hall–Kier alpha value is -3.20. The molecule has 3 rings (SSSR count). The standard InChI is InChI=1S/C17H15N3O5S/c1-2-24-16(22)11-6-3-4-7-12(11)18-14(21)10-20-15(19-25-17(20)23)13-8-5-9-26-13/h3-9H,2,10H2,1H3,(H,18,21). The molecule has 0 spiro atoms. The second kappa shape index (κ2) is 7.79. The van der Waals surface area contributed by atoms with Crippen LogP contribution in [0.3, 0.4) is 0 Å². The summed E-state index contributed by atoms with van der Waals surface area (Å²) in [7, 11) is 0. The van der Waals surface area contributed by atoms with Crippen molar-refractivity contribution in [3.63, 3.8) is 0 Å². The number of anilines is 1. The van der Waals surface area contributed by atoms with E-state index in [1.165, 1.54) is 11.3 Å². The summed E-state index contributed by atoms with van der Waals surface area (Å²) in [6, 6.07) is 10.1. The van der Waals surface area contributed by atoms with E-state index in [0.29, 0.717) is 10.6 Å². The maximum atomic E-state index is 12.4. The summed E-state index contributed by atoms with van der Waals surface area (Å²) < 4.78 is 10.8. The lowest BCUT2D eigenvalue weighted by Gasteiger charge is -2.10. The summed E-state index contributed by atoms with van der Waals surface area (Å²) in [6.07, 6.45) is 0. The van der Waals surface area contributed by atoms with Gasteiger partial charge < -0.3 is 10.1 Å². The van der Waals surface area contributed by atoms with E-state index < -0.39 is 17.6 Å². The average Bonchev–Trinajstić information content (AvgIpc) is 3.26. The third kappa shape index (κ3) is 3.72. The third-order valence-electron chi connectivity index (χ3n) is 3.43. The van der Waals surface area contributed by atoms with Crippen molar-refractivity contribution in [2.24, 2.45) is 0 Å². The van der Waals surface area contributed by atoms with Crippen molar-refractivity contribution in [3.05, 3.63) is 57.9 Å². The van der Waals surface area contributed by atoms with Crippen LogP contribution in [0.4, 0.5) is 5.69 Å². The lowest BCUT2D eigenvalue weighted by molar-refractivity contribution is -0.116. The van der Waals surface area contributed by atoms with Gasteiger partial charge in [0.1, 0.15) is 6.54 Å². The van der Waals surface area contributed by atoms with E-state index in [1.54, 1.807) is 43.3 Å². The molecule has 9 heteroatoms. The molecule has 1 amide bonds. The number of rotatable bonds is 6. The normalized spacial score (nSPS) is 10.5. The number of hydrogen-bond donors (Lipinski definition) is 1. The highest BCUT2D eigenvalue weighted by atomic mass is 32.1. The van der Waals surface area contributed by atoms with Gasteiger partial charge in [-0.25, -0.2) is 14.2 Å². The van der Waals surface area contributed by atoms with Crippen LogP contribution in [0.1, 0.15) is 17.3 Å². The summed E-state index contributed by atoms with van der Waals surface area (Å²) in [4.78, 5) is 36.9. The van der Waals surface area contributed by atoms with Gasteiger partial charge in [0.15, 0.2) is 5.82 Å². The molecule has 0 fully saturated rings. The predicted octanol–water partition coefficient (Wildman–Crippen LogP) is 2.38.